The van der Waals surface area contributed by atoms with Crippen molar-refractivity contribution in [3.63, 3.8) is 0 Å². The first kappa shape index (κ1) is 14.3. The van der Waals surface area contributed by atoms with Crippen molar-refractivity contribution in [3.05, 3.63) is 32.4 Å². The van der Waals surface area contributed by atoms with E-state index in [1.807, 2.05) is 6.07 Å². The second-order valence-corrected chi connectivity index (χ2v) is 5.14. The normalized spacial score (nSPS) is 9.71. The van der Waals surface area contributed by atoms with Crippen molar-refractivity contribution in [2.24, 2.45) is 0 Å². The van der Waals surface area contributed by atoms with Crippen molar-refractivity contribution < 1.29 is 4.79 Å². The van der Waals surface area contributed by atoms with Gasteiger partial charge in [-0.2, -0.15) is 0 Å². The molecular formula is C13H13ClINO. The molecule has 0 spiro atoms. The van der Waals surface area contributed by atoms with Crippen molar-refractivity contribution in [3.8, 4) is 12.3 Å². The monoisotopic (exact) mass is 361 g/mol. The van der Waals surface area contributed by atoms with Gasteiger partial charge in [0.2, 0.25) is 0 Å². The van der Waals surface area contributed by atoms with Gasteiger partial charge in [-0.05, 0) is 53.6 Å². The average molecular weight is 362 g/mol. The van der Waals surface area contributed by atoms with Gasteiger partial charge in [0.15, 0.2) is 0 Å². The van der Waals surface area contributed by atoms with Crippen LogP contribution in [0.4, 0.5) is 0 Å². The lowest BCUT2D eigenvalue weighted by Gasteiger charge is -2.06. The number of hydrogen-bond acceptors (Lipinski definition) is 1. The molecule has 0 atom stereocenters. The molecule has 1 rings (SSSR count). The fourth-order valence-corrected chi connectivity index (χ4v) is 2.07. The Hall–Kier alpha value is -0.730. The van der Waals surface area contributed by atoms with Crippen LogP contribution >= 0.6 is 34.2 Å². The zero-order valence-corrected chi connectivity index (χ0v) is 12.2. The molecule has 1 aromatic carbocycles. The minimum absolute atomic E-state index is 0.0855. The number of carbonyl (C=O) groups is 1. The van der Waals surface area contributed by atoms with E-state index in [2.05, 4.69) is 33.8 Å². The molecule has 90 valence electrons. The van der Waals surface area contributed by atoms with E-state index in [0.717, 1.165) is 22.8 Å². The van der Waals surface area contributed by atoms with Crippen molar-refractivity contribution >= 4 is 40.1 Å². The van der Waals surface area contributed by atoms with Crippen molar-refractivity contribution in [2.45, 2.75) is 19.3 Å². The molecule has 0 saturated heterocycles. The number of unbranched alkanes of at least 4 members (excludes halogenated alkanes) is 2. The van der Waals surface area contributed by atoms with Gasteiger partial charge in [0.05, 0.1) is 5.56 Å². The van der Waals surface area contributed by atoms with E-state index in [9.17, 15) is 4.79 Å². The second-order valence-electron chi connectivity index (χ2n) is 3.54. The minimum atomic E-state index is -0.0855. The van der Waals surface area contributed by atoms with Gasteiger partial charge in [-0.3, -0.25) is 4.79 Å². The highest BCUT2D eigenvalue weighted by Crippen LogP contribution is 2.17. The highest BCUT2D eigenvalue weighted by atomic mass is 127. The number of carbonyl (C=O) groups excluding carboxylic acids is 1. The van der Waals surface area contributed by atoms with Crippen LogP contribution in [0.5, 0.6) is 0 Å². The SMILES string of the molecule is C#CCCCCNC(=O)c1cc(Cl)ccc1I. The summed E-state index contributed by atoms with van der Waals surface area (Å²) in [5.74, 6) is 2.49. The quantitative estimate of drug-likeness (QED) is 0.486. The van der Waals surface area contributed by atoms with Crippen molar-refractivity contribution in [2.75, 3.05) is 6.54 Å². The summed E-state index contributed by atoms with van der Waals surface area (Å²) < 4.78 is 0.896. The lowest BCUT2D eigenvalue weighted by Crippen LogP contribution is -2.25. The third-order valence-corrected chi connectivity index (χ3v) is 3.38. The first-order chi connectivity index (χ1) is 8.15. The molecule has 1 N–H and O–H groups in total. The second kappa shape index (κ2) is 7.57. The molecule has 17 heavy (non-hydrogen) atoms. The molecule has 0 saturated carbocycles. The van der Waals surface area contributed by atoms with Crippen LogP contribution < -0.4 is 5.32 Å². The number of rotatable bonds is 5. The summed E-state index contributed by atoms with van der Waals surface area (Å²) >= 11 is 7.98. The first-order valence-electron chi connectivity index (χ1n) is 5.32. The van der Waals surface area contributed by atoms with Gasteiger partial charge in [0.25, 0.3) is 5.91 Å². The zero-order chi connectivity index (χ0) is 12.7. The number of hydrogen-bond donors (Lipinski definition) is 1. The molecule has 0 fully saturated rings. The molecule has 2 nitrogen and oxygen atoms in total. The molecule has 0 radical (unpaired) electrons. The zero-order valence-electron chi connectivity index (χ0n) is 9.30. The molecule has 0 heterocycles. The highest BCUT2D eigenvalue weighted by molar-refractivity contribution is 14.1. The van der Waals surface area contributed by atoms with Crippen LogP contribution in [0.3, 0.4) is 0 Å². The van der Waals surface area contributed by atoms with E-state index >= 15 is 0 Å². The predicted octanol–water partition coefficient (Wildman–Crippen LogP) is 3.48. The minimum Gasteiger partial charge on any atom is -0.352 e. The Balaban J connectivity index is 2.47. The number of terminal acetylenes is 1. The number of nitrogens with one attached hydrogen (secondary N) is 1. The summed E-state index contributed by atoms with van der Waals surface area (Å²) in [4.78, 5) is 11.8. The van der Waals surface area contributed by atoms with Gasteiger partial charge in [0, 0.05) is 21.6 Å². The maximum atomic E-state index is 11.8. The molecule has 1 aromatic rings. The lowest BCUT2D eigenvalue weighted by atomic mass is 10.2. The Morgan fingerprint density at radius 1 is 1.47 bits per heavy atom. The van der Waals surface area contributed by atoms with Gasteiger partial charge in [0.1, 0.15) is 0 Å². The van der Waals surface area contributed by atoms with Crippen LogP contribution in [-0.2, 0) is 0 Å². The van der Waals surface area contributed by atoms with E-state index in [-0.39, 0.29) is 5.91 Å². The predicted molar refractivity (Wildman–Crippen MR) is 79.2 cm³/mol. The van der Waals surface area contributed by atoms with E-state index < -0.39 is 0 Å². The van der Waals surface area contributed by atoms with Crippen LogP contribution in [0.2, 0.25) is 5.02 Å². The van der Waals surface area contributed by atoms with Gasteiger partial charge < -0.3 is 5.32 Å². The van der Waals surface area contributed by atoms with E-state index in [1.54, 1.807) is 12.1 Å². The highest BCUT2D eigenvalue weighted by Gasteiger charge is 2.09. The first-order valence-corrected chi connectivity index (χ1v) is 6.77. The van der Waals surface area contributed by atoms with Crippen LogP contribution in [0, 0.1) is 15.9 Å². The number of halogens is 2. The van der Waals surface area contributed by atoms with Crippen molar-refractivity contribution in [1.82, 2.24) is 5.32 Å². The van der Waals surface area contributed by atoms with Crippen LogP contribution in [-0.4, -0.2) is 12.5 Å². The molecule has 0 unspecified atom stereocenters. The number of amides is 1. The molecule has 0 aliphatic carbocycles. The van der Waals surface area contributed by atoms with Gasteiger partial charge in [-0.15, -0.1) is 12.3 Å². The van der Waals surface area contributed by atoms with Crippen LogP contribution in [0.1, 0.15) is 29.6 Å². The summed E-state index contributed by atoms with van der Waals surface area (Å²) in [6.07, 6.45) is 7.73. The lowest BCUT2D eigenvalue weighted by molar-refractivity contribution is 0.0952. The largest absolute Gasteiger partial charge is 0.352 e. The molecule has 0 aliphatic heterocycles. The van der Waals surface area contributed by atoms with Gasteiger partial charge in [-0.25, -0.2) is 0 Å². The summed E-state index contributed by atoms with van der Waals surface area (Å²) in [5, 5.41) is 3.43. The van der Waals surface area contributed by atoms with Gasteiger partial charge >= 0.3 is 0 Å². The van der Waals surface area contributed by atoms with Gasteiger partial charge in [-0.1, -0.05) is 11.6 Å². The summed E-state index contributed by atoms with van der Waals surface area (Å²) in [5.41, 5.74) is 0.620. The summed E-state index contributed by atoms with van der Waals surface area (Å²) in [6.45, 7) is 0.642. The average Bonchev–Trinajstić information content (AvgIpc) is 2.32. The summed E-state index contributed by atoms with van der Waals surface area (Å²) in [7, 11) is 0. The third-order valence-electron chi connectivity index (χ3n) is 2.21. The third kappa shape index (κ3) is 4.97. The molecule has 1 amide bonds. The Kier molecular flexibility index (Phi) is 6.38. The van der Waals surface area contributed by atoms with E-state index in [0.29, 0.717) is 17.1 Å². The Morgan fingerprint density at radius 2 is 2.24 bits per heavy atom. The topological polar surface area (TPSA) is 29.1 Å². The molecule has 0 aromatic heterocycles. The molecule has 4 heteroatoms. The number of benzene rings is 1. The maximum Gasteiger partial charge on any atom is 0.252 e. The van der Waals surface area contributed by atoms with Crippen molar-refractivity contribution in [1.29, 1.82) is 0 Å². The van der Waals surface area contributed by atoms with E-state index in [4.69, 9.17) is 18.0 Å². The smallest absolute Gasteiger partial charge is 0.252 e. The van der Waals surface area contributed by atoms with Crippen LogP contribution in [0.15, 0.2) is 18.2 Å². The Bertz CT molecular complexity index is 440. The Labute approximate surface area is 120 Å². The fraction of sp³-hybridized carbons (Fsp3) is 0.308. The maximum absolute atomic E-state index is 11.8. The summed E-state index contributed by atoms with van der Waals surface area (Å²) in [6, 6.07) is 5.28. The molecule has 0 aliphatic rings. The van der Waals surface area contributed by atoms with E-state index in [1.165, 1.54) is 0 Å². The standard InChI is InChI=1S/C13H13ClINO/c1-2-3-4-5-8-16-13(17)11-9-10(14)6-7-12(11)15/h1,6-7,9H,3-5,8H2,(H,16,17). The fourth-order valence-electron chi connectivity index (χ4n) is 1.32. The molecular weight excluding hydrogens is 349 g/mol. The Morgan fingerprint density at radius 3 is 2.94 bits per heavy atom. The molecule has 0 bridgehead atoms. The van der Waals surface area contributed by atoms with Crippen LogP contribution in [0.25, 0.3) is 0 Å².